The Morgan fingerprint density at radius 2 is 1.92 bits per heavy atom. The molecule has 0 spiro atoms. The second-order valence-corrected chi connectivity index (χ2v) is 4.06. The number of nitrogens with one attached hydrogen (secondary N) is 3. The van der Waals surface area contributed by atoms with Gasteiger partial charge in [0, 0.05) is 0 Å². The molecule has 1 heterocycles. The first-order chi connectivity index (χ1) is 5.39. The summed E-state index contributed by atoms with van der Waals surface area (Å²) in [4.78, 5) is 11.0. The molecule has 0 aromatic rings. The second kappa shape index (κ2) is 2.91. The van der Waals surface area contributed by atoms with Crippen LogP contribution in [-0.2, 0) is 0 Å². The van der Waals surface area contributed by atoms with Crippen molar-refractivity contribution in [2.45, 2.75) is 33.2 Å². The molecule has 2 amide bonds. The van der Waals surface area contributed by atoms with Crippen LogP contribution >= 0.6 is 0 Å². The Labute approximate surface area is 72.1 Å². The summed E-state index contributed by atoms with van der Waals surface area (Å²) in [7, 11) is 0. The van der Waals surface area contributed by atoms with E-state index in [2.05, 4.69) is 16.0 Å². The standard InChI is InChI=1S/C7H16N4O/c1-7(2,3)4-9-5(8)11-6(12)10-4/h4-5,9H,8H2,1-3H3,(H2,10,11,12). The van der Waals surface area contributed by atoms with Gasteiger partial charge >= 0.3 is 6.03 Å². The summed E-state index contributed by atoms with van der Waals surface area (Å²) in [5.41, 5.74) is 5.50. The normalized spacial score (nSPS) is 30.8. The molecular formula is C7H16N4O. The predicted molar refractivity (Wildman–Crippen MR) is 46.0 cm³/mol. The topological polar surface area (TPSA) is 79.2 Å². The molecule has 0 bridgehead atoms. The molecular weight excluding hydrogens is 156 g/mol. The maximum Gasteiger partial charge on any atom is 0.318 e. The highest BCUT2D eigenvalue weighted by Crippen LogP contribution is 2.17. The van der Waals surface area contributed by atoms with Gasteiger partial charge in [0.25, 0.3) is 0 Å². The van der Waals surface area contributed by atoms with Crippen LogP contribution in [0.4, 0.5) is 4.79 Å². The zero-order valence-corrected chi connectivity index (χ0v) is 7.64. The number of urea groups is 1. The molecule has 5 N–H and O–H groups in total. The molecule has 2 atom stereocenters. The third-order valence-corrected chi connectivity index (χ3v) is 1.77. The fourth-order valence-corrected chi connectivity index (χ4v) is 1.04. The monoisotopic (exact) mass is 172 g/mol. The van der Waals surface area contributed by atoms with Crippen molar-refractivity contribution in [1.82, 2.24) is 16.0 Å². The van der Waals surface area contributed by atoms with E-state index in [0.717, 1.165) is 0 Å². The lowest BCUT2D eigenvalue weighted by atomic mass is 9.92. The van der Waals surface area contributed by atoms with Gasteiger partial charge in [-0.25, -0.2) is 4.79 Å². The number of rotatable bonds is 0. The molecule has 70 valence electrons. The van der Waals surface area contributed by atoms with Crippen LogP contribution in [0.25, 0.3) is 0 Å². The molecule has 5 nitrogen and oxygen atoms in total. The van der Waals surface area contributed by atoms with Crippen molar-refractivity contribution in [3.05, 3.63) is 0 Å². The summed E-state index contributed by atoms with van der Waals surface area (Å²) in [5, 5.41) is 8.26. The molecule has 1 fully saturated rings. The summed E-state index contributed by atoms with van der Waals surface area (Å²) < 4.78 is 0. The lowest BCUT2D eigenvalue weighted by Gasteiger charge is -2.38. The summed E-state index contributed by atoms with van der Waals surface area (Å²) in [5.74, 6) is 0. The van der Waals surface area contributed by atoms with Crippen LogP contribution in [0.1, 0.15) is 20.8 Å². The number of hydrogen-bond donors (Lipinski definition) is 4. The maximum atomic E-state index is 11.0. The predicted octanol–water partition coefficient (Wildman–Crippen LogP) is -0.497. The van der Waals surface area contributed by atoms with Crippen molar-refractivity contribution in [3.63, 3.8) is 0 Å². The highest BCUT2D eigenvalue weighted by atomic mass is 16.2. The maximum absolute atomic E-state index is 11.0. The first kappa shape index (κ1) is 9.28. The van der Waals surface area contributed by atoms with Crippen molar-refractivity contribution in [1.29, 1.82) is 0 Å². The van der Waals surface area contributed by atoms with Gasteiger partial charge in [-0.15, -0.1) is 0 Å². The number of carbonyl (C=O) groups is 1. The van der Waals surface area contributed by atoms with Gasteiger partial charge in [0.1, 0.15) is 6.29 Å². The van der Waals surface area contributed by atoms with E-state index in [1.165, 1.54) is 0 Å². The van der Waals surface area contributed by atoms with Crippen LogP contribution in [0.3, 0.4) is 0 Å². The van der Waals surface area contributed by atoms with Crippen LogP contribution in [0.15, 0.2) is 0 Å². The van der Waals surface area contributed by atoms with E-state index >= 15 is 0 Å². The van der Waals surface area contributed by atoms with Crippen molar-refractivity contribution >= 4 is 6.03 Å². The Balaban J connectivity index is 2.62. The molecule has 0 radical (unpaired) electrons. The van der Waals surface area contributed by atoms with E-state index < -0.39 is 6.29 Å². The largest absolute Gasteiger partial charge is 0.322 e. The number of nitrogens with two attached hydrogens (primary N) is 1. The first-order valence-electron chi connectivity index (χ1n) is 3.98. The minimum absolute atomic E-state index is 0.0324. The van der Waals surface area contributed by atoms with E-state index in [1.807, 2.05) is 20.8 Å². The molecule has 1 aliphatic rings. The number of amides is 2. The first-order valence-corrected chi connectivity index (χ1v) is 3.98. The average molecular weight is 172 g/mol. The van der Waals surface area contributed by atoms with Crippen molar-refractivity contribution in [2.75, 3.05) is 0 Å². The molecule has 0 aromatic carbocycles. The zero-order valence-electron chi connectivity index (χ0n) is 7.64. The van der Waals surface area contributed by atoms with E-state index in [-0.39, 0.29) is 17.6 Å². The molecule has 0 aliphatic carbocycles. The highest BCUT2D eigenvalue weighted by Gasteiger charge is 2.31. The molecule has 1 saturated heterocycles. The summed E-state index contributed by atoms with van der Waals surface area (Å²) >= 11 is 0. The van der Waals surface area contributed by atoms with Crippen LogP contribution in [0.2, 0.25) is 0 Å². The van der Waals surface area contributed by atoms with E-state index in [4.69, 9.17) is 5.73 Å². The number of hydrogen-bond acceptors (Lipinski definition) is 3. The van der Waals surface area contributed by atoms with Gasteiger partial charge < -0.3 is 10.6 Å². The summed E-state index contributed by atoms with van der Waals surface area (Å²) in [6.45, 7) is 6.09. The minimum atomic E-state index is -0.456. The van der Waals surface area contributed by atoms with Crippen LogP contribution < -0.4 is 21.7 Å². The van der Waals surface area contributed by atoms with Gasteiger partial charge in [-0.3, -0.25) is 11.1 Å². The molecule has 2 unspecified atom stereocenters. The Morgan fingerprint density at radius 1 is 1.33 bits per heavy atom. The van der Waals surface area contributed by atoms with Gasteiger partial charge in [0.15, 0.2) is 0 Å². The second-order valence-electron chi connectivity index (χ2n) is 4.06. The van der Waals surface area contributed by atoms with Gasteiger partial charge in [-0.05, 0) is 5.41 Å². The summed E-state index contributed by atoms with van der Waals surface area (Å²) in [6.07, 6.45) is -0.538. The third kappa shape index (κ3) is 2.09. The van der Waals surface area contributed by atoms with Crippen molar-refractivity contribution in [2.24, 2.45) is 11.1 Å². The summed E-state index contributed by atoms with van der Waals surface area (Å²) in [6, 6.07) is -0.221. The molecule has 1 rings (SSSR count). The smallest absolute Gasteiger partial charge is 0.318 e. The lowest BCUT2D eigenvalue weighted by molar-refractivity contribution is 0.159. The highest BCUT2D eigenvalue weighted by molar-refractivity contribution is 5.75. The van der Waals surface area contributed by atoms with Crippen molar-refractivity contribution in [3.8, 4) is 0 Å². The van der Waals surface area contributed by atoms with Crippen LogP contribution in [0, 0.1) is 5.41 Å². The Hall–Kier alpha value is -0.810. The zero-order chi connectivity index (χ0) is 9.35. The Kier molecular flexibility index (Phi) is 2.25. The van der Waals surface area contributed by atoms with Crippen molar-refractivity contribution < 1.29 is 4.79 Å². The molecule has 0 saturated carbocycles. The van der Waals surface area contributed by atoms with Gasteiger partial charge in [-0.2, -0.15) is 0 Å². The van der Waals surface area contributed by atoms with Crippen LogP contribution in [-0.4, -0.2) is 18.5 Å². The molecule has 0 aromatic heterocycles. The Morgan fingerprint density at radius 3 is 2.33 bits per heavy atom. The number of carbonyl (C=O) groups excluding carboxylic acids is 1. The lowest BCUT2D eigenvalue weighted by Crippen LogP contribution is -2.70. The minimum Gasteiger partial charge on any atom is -0.322 e. The van der Waals surface area contributed by atoms with E-state index in [1.54, 1.807) is 0 Å². The molecule has 12 heavy (non-hydrogen) atoms. The van der Waals surface area contributed by atoms with Gasteiger partial charge in [0.2, 0.25) is 0 Å². The quantitative estimate of drug-likeness (QED) is 0.398. The molecule has 1 aliphatic heterocycles. The van der Waals surface area contributed by atoms with Crippen LogP contribution in [0.5, 0.6) is 0 Å². The van der Waals surface area contributed by atoms with Gasteiger partial charge in [-0.1, -0.05) is 20.8 Å². The molecule has 5 heteroatoms. The van der Waals surface area contributed by atoms with Gasteiger partial charge in [0.05, 0.1) is 6.17 Å². The van der Waals surface area contributed by atoms with E-state index in [9.17, 15) is 4.79 Å². The third-order valence-electron chi connectivity index (χ3n) is 1.77. The fraction of sp³-hybridized carbons (Fsp3) is 0.857. The van der Waals surface area contributed by atoms with E-state index in [0.29, 0.717) is 0 Å². The Bertz CT molecular complexity index is 186. The fourth-order valence-electron chi connectivity index (χ4n) is 1.04. The SMILES string of the molecule is CC(C)(C)C1NC(=O)NC(N)N1. The average Bonchev–Trinajstić information content (AvgIpc) is 1.82.